The molecule has 142 valence electrons. The van der Waals surface area contributed by atoms with Crippen LogP contribution in [-0.2, 0) is 5.41 Å². The van der Waals surface area contributed by atoms with Crippen molar-refractivity contribution in [2.45, 2.75) is 26.2 Å². The van der Waals surface area contributed by atoms with E-state index in [-0.39, 0.29) is 11.4 Å². The molecule has 0 saturated carbocycles. The van der Waals surface area contributed by atoms with Crippen LogP contribution in [0.25, 0.3) is 16.2 Å². The molecule has 0 spiro atoms. The van der Waals surface area contributed by atoms with E-state index in [1.807, 2.05) is 70.7 Å². The lowest BCUT2D eigenvalue weighted by Gasteiger charge is -2.19. The van der Waals surface area contributed by atoms with Crippen molar-refractivity contribution in [3.63, 3.8) is 0 Å². The smallest absolute Gasteiger partial charge is 0.308 e. The third-order valence-corrected chi connectivity index (χ3v) is 5.31. The number of benzene rings is 2. The van der Waals surface area contributed by atoms with Crippen molar-refractivity contribution in [2.24, 2.45) is 0 Å². The molecule has 0 atom stereocenters. The third kappa shape index (κ3) is 3.92. The number of rotatable bonds is 3. The molecule has 0 aliphatic carbocycles. The number of nitrogens with zero attached hydrogens (tertiary/aromatic N) is 2. The van der Waals surface area contributed by atoms with Crippen LogP contribution in [0, 0.1) is 0 Å². The normalized spacial score (nSPS) is 11.5. The highest BCUT2D eigenvalue weighted by Crippen LogP contribution is 2.24. The number of aromatic nitrogens is 2. The van der Waals surface area contributed by atoms with Gasteiger partial charge in [-0.3, -0.25) is 4.40 Å². The van der Waals surface area contributed by atoms with E-state index in [0.29, 0.717) is 0 Å². The molecule has 0 bridgehead atoms. The minimum atomic E-state index is -0.265. The van der Waals surface area contributed by atoms with Crippen LogP contribution in [0.15, 0.2) is 66.3 Å². The van der Waals surface area contributed by atoms with Gasteiger partial charge in [0.25, 0.3) is 0 Å². The molecule has 2 N–H and O–H groups in total. The average molecular weight is 391 g/mol. The Hall–Kier alpha value is -3.12. The summed E-state index contributed by atoms with van der Waals surface area (Å²) in [5.74, 6) is 0. The lowest BCUT2D eigenvalue weighted by Crippen LogP contribution is -2.19. The van der Waals surface area contributed by atoms with E-state index < -0.39 is 0 Å². The third-order valence-electron chi connectivity index (χ3n) is 4.54. The highest BCUT2D eigenvalue weighted by molar-refractivity contribution is 7.15. The number of amides is 2. The zero-order valence-electron chi connectivity index (χ0n) is 16.1. The molecule has 0 fully saturated rings. The molecule has 4 rings (SSSR count). The zero-order chi connectivity index (χ0) is 19.7. The first-order valence-corrected chi connectivity index (χ1v) is 9.98. The Bertz CT molecular complexity index is 1070. The van der Waals surface area contributed by atoms with Crippen molar-refractivity contribution in [1.29, 1.82) is 0 Å². The van der Waals surface area contributed by atoms with Crippen LogP contribution in [0.3, 0.4) is 0 Å². The summed E-state index contributed by atoms with van der Waals surface area (Å²) >= 11 is 1.60. The Balaban J connectivity index is 1.40. The van der Waals surface area contributed by atoms with Gasteiger partial charge in [0, 0.05) is 34.7 Å². The van der Waals surface area contributed by atoms with E-state index in [1.54, 1.807) is 11.3 Å². The van der Waals surface area contributed by atoms with Crippen LogP contribution in [0.5, 0.6) is 0 Å². The number of carbonyl (C=O) groups is 1. The maximum Gasteiger partial charge on any atom is 0.323 e. The maximum absolute atomic E-state index is 12.3. The maximum atomic E-state index is 12.3. The molecule has 2 amide bonds. The Morgan fingerprint density at radius 3 is 2.14 bits per heavy atom. The summed E-state index contributed by atoms with van der Waals surface area (Å²) in [6.45, 7) is 6.50. The highest BCUT2D eigenvalue weighted by atomic mass is 32.1. The van der Waals surface area contributed by atoms with E-state index in [9.17, 15) is 4.79 Å². The van der Waals surface area contributed by atoms with Crippen molar-refractivity contribution in [3.05, 3.63) is 71.9 Å². The Morgan fingerprint density at radius 1 is 0.964 bits per heavy atom. The second-order valence-corrected chi connectivity index (χ2v) is 8.58. The van der Waals surface area contributed by atoms with E-state index in [4.69, 9.17) is 0 Å². The van der Waals surface area contributed by atoms with Gasteiger partial charge in [-0.05, 0) is 35.2 Å². The summed E-state index contributed by atoms with van der Waals surface area (Å²) in [7, 11) is 0. The van der Waals surface area contributed by atoms with E-state index in [2.05, 4.69) is 36.4 Å². The van der Waals surface area contributed by atoms with Crippen LogP contribution in [0.2, 0.25) is 0 Å². The Labute approximate surface area is 168 Å². The monoisotopic (exact) mass is 390 g/mol. The molecule has 4 aromatic rings. The fraction of sp³-hybridized carbons (Fsp3) is 0.182. The summed E-state index contributed by atoms with van der Waals surface area (Å²) in [6, 6.07) is 15.3. The van der Waals surface area contributed by atoms with Gasteiger partial charge < -0.3 is 10.6 Å². The number of carbonyl (C=O) groups excluding carboxylic acids is 1. The van der Waals surface area contributed by atoms with E-state index in [1.165, 1.54) is 5.56 Å². The minimum absolute atomic E-state index is 0.0900. The molecule has 28 heavy (non-hydrogen) atoms. The SMILES string of the molecule is CC(C)(C)c1ccc(NC(=O)Nc2ccc(-c3cn4ccsc4n3)cc2)cc1. The standard InChI is InChI=1S/C22H22N4OS/c1-22(2,3)16-6-10-18(11-7-16)24-20(27)23-17-8-4-15(5-9-17)19-14-26-12-13-28-21(26)25-19/h4-14H,1-3H3,(H2,23,24,27). The number of nitrogens with one attached hydrogen (secondary N) is 2. The fourth-order valence-electron chi connectivity index (χ4n) is 2.94. The van der Waals surface area contributed by atoms with Crippen molar-refractivity contribution in [2.75, 3.05) is 10.6 Å². The van der Waals surface area contributed by atoms with Gasteiger partial charge in [0.05, 0.1) is 5.69 Å². The first-order valence-electron chi connectivity index (χ1n) is 9.10. The zero-order valence-corrected chi connectivity index (χ0v) is 16.9. The number of fused-ring (bicyclic) bond motifs is 1. The first kappa shape index (κ1) is 18.3. The molecule has 0 radical (unpaired) electrons. The molecule has 2 heterocycles. The van der Waals surface area contributed by atoms with Crippen molar-refractivity contribution >= 4 is 33.7 Å². The molecule has 2 aromatic carbocycles. The average Bonchev–Trinajstić information content (AvgIpc) is 3.24. The van der Waals surface area contributed by atoms with E-state index >= 15 is 0 Å². The number of urea groups is 1. The van der Waals surface area contributed by atoms with Gasteiger partial charge in [-0.1, -0.05) is 45.0 Å². The summed E-state index contributed by atoms with van der Waals surface area (Å²) in [5.41, 5.74) is 4.75. The van der Waals surface area contributed by atoms with Crippen LogP contribution in [-0.4, -0.2) is 15.4 Å². The van der Waals surface area contributed by atoms with Gasteiger partial charge in [0.15, 0.2) is 4.96 Å². The number of imidazole rings is 1. The fourth-order valence-corrected chi connectivity index (χ4v) is 3.64. The van der Waals surface area contributed by atoms with Crippen LogP contribution in [0.4, 0.5) is 16.2 Å². The van der Waals surface area contributed by atoms with Crippen LogP contribution in [0.1, 0.15) is 26.3 Å². The molecular formula is C22H22N4OS. The summed E-state index contributed by atoms with van der Waals surface area (Å²) in [4.78, 5) is 17.8. The second-order valence-electron chi connectivity index (χ2n) is 7.70. The molecule has 0 saturated heterocycles. The van der Waals surface area contributed by atoms with Gasteiger partial charge in [-0.25, -0.2) is 9.78 Å². The largest absolute Gasteiger partial charge is 0.323 e. The quantitative estimate of drug-likeness (QED) is 0.450. The topological polar surface area (TPSA) is 58.4 Å². The van der Waals surface area contributed by atoms with Gasteiger partial charge >= 0.3 is 6.03 Å². The molecule has 6 heteroatoms. The van der Waals surface area contributed by atoms with Crippen molar-refractivity contribution < 1.29 is 4.79 Å². The second kappa shape index (κ2) is 7.13. The molecule has 0 unspecified atom stereocenters. The summed E-state index contributed by atoms with van der Waals surface area (Å²) < 4.78 is 2.00. The molecule has 0 aliphatic rings. The van der Waals surface area contributed by atoms with Gasteiger partial charge in [-0.15, -0.1) is 11.3 Å². The lowest BCUT2D eigenvalue weighted by molar-refractivity contribution is 0.262. The van der Waals surface area contributed by atoms with Crippen LogP contribution < -0.4 is 10.6 Å². The van der Waals surface area contributed by atoms with Gasteiger partial charge in [-0.2, -0.15) is 0 Å². The number of hydrogen-bond donors (Lipinski definition) is 2. The molecule has 5 nitrogen and oxygen atoms in total. The Morgan fingerprint density at radius 2 is 1.57 bits per heavy atom. The first-order chi connectivity index (χ1) is 13.4. The molecule has 0 aliphatic heterocycles. The number of hydrogen-bond acceptors (Lipinski definition) is 3. The number of thiazole rings is 1. The Kier molecular flexibility index (Phi) is 4.65. The number of anilines is 2. The minimum Gasteiger partial charge on any atom is -0.308 e. The highest BCUT2D eigenvalue weighted by Gasteiger charge is 2.13. The summed E-state index contributed by atoms with van der Waals surface area (Å²) in [5, 5.41) is 7.74. The summed E-state index contributed by atoms with van der Waals surface area (Å²) in [6.07, 6.45) is 3.99. The predicted octanol–water partition coefficient (Wildman–Crippen LogP) is 6.00. The van der Waals surface area contributed by atoms with E-state index in [0.717, 1.165) is 27.6 Å². The van der Waals surface area contributed by atoms with Crippen LogP contribution >= 0.6 is 11.3 Å². The molecule has 2 aromatic heterocycles. The van der Waals surface area contributed by atoms with Crippen molar-refractivity contribution in [3.8, 4) is 11.3 Å². The van der Waals surface area contributed by atoms with Gasteiger partial charge in [0.1, 0.15) is 0 Å². The molecular weight excluding hydrogens is 368 g/mol. The lowest BCUT2D eigenvalue weighted by atomic mass is 9.87. The predicted molar refractivity (Wildman–Crippen MR) is 116 cm³/mol. The van der Waals surface area contributed by atoms with Crippen molar-refractivity contribution in [1.82, 2.24) is 9.38 Å². The van der Waals surface area contributed by atoms with Gasteiger partial charge in [0.2, 0.25) is 0 Å².